The molecule has 3 heteroatoms. The van der Waals surface area contributed by atoms with Gasteiger partial charge in [-0.15, -0.1) is 11.3 Å². The first-order chi connectivity index (χ1) is 28.2. The van der Waals surface area contributed by atoms with Crippen molar-refractivity contribution in [2.45, 2.75) is 0 Å². The highest BCUT2D eigenvalue weighted by atomic mass is 32.1. The van der Waals surface area contributed by atoms with E-state index in [1.165, 1.54) is 42.4 Å². The summed E-state index contributed by atoms with van der Waals surface area (Å²) in [5, 5.41) is 4.80. The number of fused-ring (bicyclic) bond motifs is 6. The number of hydrogen-bond acceptors (Lipinski definition) is 3. The Hall–Kier alpha value is -7.20. The number of thiophene rings is 1. The van der Waals surface area contributed by atoms with Crippen molar-refractivity contribution >= 4 is 70.5 Å². The molecule has 268 valence electrons. The van der Waals surface area contributed by atoms with E-state index in [0.29, 0.717) is 0 Å². The number of anilines is 3. The molecule has 0 saturated heterocycles. The van der Waals surface area contributed by atoms with Crippen LogP contribution in [0.2, 0.25) is 0 Å². The average Bonchev–Trinajstić information content (AvgIpc) is 3.86. The third kappa shape index (κ3) is 5.88. The van der Waals surface area contributed by atoms with Gasteiger partial charge in [-0.2, -0.15) is 0 Å². The summed E-state index contributed by atoms with van der Waals surface area (Å²) in [5.41, 5.74) is 14.6. The van der Waals surface area contributed by atoms with Crippen molar-refractivity contribution in [1.82, 2.24) is 0 Å². The molecule has 0 aliphatic heterocycles. The van der Waals surface area contributed by atoms with Gasteiger partial charge in [-0.3, -0.25) is 0 Å². The number of rotatable bonds is 7. The van der Waals surface area contributed by atoms with Gasteiger partial charge in [-0.05, 0) is 99.6 Å². The Morgan fingerprint density at radius 1 is 0.351 bits per heavy atom. The molecule has 0 N–H and O–H groups in total. The molecule has 0 radical (unpaired) electrons. The van der Waals surface area contributed by atoms with Gasteiger partial charge in [0.25, 0.3) is 0 Å². The Morgan fingerprint density at radius 3 is 1.60 bits per heavy atom. The second-order valence-electron chi connectivity index (χ2n) is 14.5. The zero-order chi connectivity index (χ0) is 37.7. The topological polar surface area (TPSA) is 16.4 Å². The van der Waals surface area contributed by atoms with Crippen LogP contribution in [-0.2, 0) is 0 Å². The van der Waals surface area contributed by atoms with Crippen LogP contribution in [0.5, 0.6) is 0 Å². The minimum Gasteiger partial charge on any atom is -0.455 e. The summed E-state index contributed by atoms with van der Waals surface area (Å²) < 4.78 is 9.07. The first-order valence-corrected chi connectivity index (χ1v) is 20.1. The second-order valence-corrected chi connectivity index (χ2v) is 15.6. The fourth-order valence-corrected chi connectivity index (χ4v) is 9.43. The fourth-order valence-electron chi connectivity index (χ4n) is 8.31. The first kappa shape index (κ1) is 33.2. The standard InChI is InChI=1S/C54H35NOS/c1-3-12-36(13-4-1)40-16-9-17-41(34-40)37-24-29-43(30-25-37)55(49-21-11-23-52-53(49)47-18-7-8-22-51(47)57-52)44-31-26-38(27-32-44)42-28-33-50-48(35-42)46-20-10-19-45(54(46)56-50)39-14-5-2-6-15-39/h1-35H. The van der Waals surface area contributed by atoms with E-state index in [4.69, 9.17) is 4.42 Å². The van der Waals surface area contributed by atoms with Crippen LogP contribution < -0.4 is 4.90 Å². The maximum absolute atomic E-state index is 6.49. The molecule has 9 aromatic carbocycles. The lowest BCUT2D eigenvalue weighted by Gasteiger charge is -2.27. The summed E-state index contributed by atoms with van der Waals surface area (Å²) in [6.07, 6.45) is 0. The highest BCUT2D eigenvalue weighted by molar-refractivity contribution is 7.26. The Bertz CT molecular complexity index is 3210. The van der Waals surface area contributed by atoms with E-state index in [1.54, 1.807) is 0 Å². The van der Waals surface area contributed by atoms with Crippen LogP contribution in [0.4, 0.5) is 17.1 Å². The highest BCUT2D eigenvalue weighted by Gasteiger charge is 2.19. The zero-order valence-electron chi connectivity index (χ0n) is 31.0. The van der Waals surface area contributed by atoms with Crippen LogP contribution in [0.3, 0.4) is 0 Å². The molecule has 57 heavy (non-hydrogen) atoms. The van der Waals surface area contributed by atoms with Crippen molar-refractivity contribution in [3.05, 3.63) is 212 Å². The van der Waals surface area contributed by atoms with E-state index in [0.717, 1.165) is 61.3 Å². The average molecular weight is 746 g/mol. The summed E-state index contributed by atoms with van der Waals surface area (Å²) in [5.74, 6) is 0. The van der Waals surface area contributed by atoms with Gasteiger partial charge in [0, 0.05) is 47.9 Å². The number of para-hydroxylation sites is 1. The summed E-state index contributed by atoms with van der Waals surface area (Å²) in [6, 6.07) is 76.3. The molecule has 0 spiro atoms. The first-order valence-electron chi connectivity index (χ1n) is 19.3. The molecule has 0 fully saturated rings. The number of benzene rings is 9. The molecule has 0 amide bonds. The normalized spacial score (nSPS) is 11.5. The summed E-state index contributed by atoms with van der Waals surface area (Å²) >= 11 is 1.85. The molecule has 2 heterocycles. The molecular weight excluding hydrogens is 711 g/mol. The van der Waals surface area contributed by atoms with Gasteiger partial charge in [0.15, 0.2) is 0 Å². The van der Waals surface area contributed by atoms with E-state index >= 15 is 0 Å². The van der Waals surface area contributed by atoms with E-state index in [-0.39, 0.29) is 0 Å². The smallest absolute Gasteiger partial charge is 0.143 e. The van der Waals surface area contributed by atoms with Crippen LogP contribution >= 0.6 is 11.3 Å². The van der Waals surface area contributed by atoms with Crippen molar-refractivity contribution in [3.63, 3.8) is 0 Å². The van der Waals surface area contributed by atoms with Gasteiger partial charge in [0.2, 0.25) is 0 Å². The van der Waals surface area contributed by atoms with Gasteiger partial charge >= 0.3 is 0 Å². The molecule has 2 nitrogen and oxygen atoms in total. The predicted octanol–water partition coefficient (Wildman–Crippen LogP) is 16.1. The van der Waals surface area contributed by atoms with E-state index in [2.05, 4.69) is 211 Å². The quantitative estimate of drug-likeness (QED) is 0.162. The van der Waals surface area contributed by atoms with Crippen molar-refractivity contribution in [2.75, 3.05) is 4.90 Å². The van der Waals surface area contributed by atoms with Gasteiger partial charge in [-0.25, -0.2) is 0 Å². The van der Waals surface area contributed by atoms with Crippen molar-refractivity contribution in [3.8, 4) is 44.5 Å². The summed E-state index contributed by atoms with van der Waals surface area (Å²) in [6.45, 7) is 0. The summed E-state index contributed by atoms with van der Waals surface area (Å²) in [4.78, 5) is 2.41. The fraction of sp³-hybridized carbons (Fsp3) is 0. The molecular formula is C54H35NOS. The molecule has 0 unspecified atom stereocenters. The molecule has 0 atom stereocenters. The maximum atomic E-state index is 6.49. The molecule has 0 bridgehead atoms. The minimum absolute atomic E-state index is 0.895. The van der Waals surface area contributed by atoms with Crippen LogP contribution in [0.15, 0.2) is 217 Å². The van der Waals surface area contributed by atoms with Crippen LogP contribution in [-0.4, -0.2) is 0 Å². The molecule has 0 saturated carbocycles. The predicted molar refractivity (Wildman–Crippen MR) is 243 cm³/mol. The van der Waals surface area contributed by atoms with Crippen molar-refractivity contribution in [2.24, 2.45) is 0 Å². The van der Waals surface area contributed by atoms with Crippen molar-refractivity contribution < 1.29 is 4.42 Å². The lowest BCUT2D eigenvalue weighted by atomic mass is 9.98. The third-order valence-corrected chi connectivity index (χ3v) is 12.2. The molecule has 11 rings (SSSR count). The summed E-state index contributed by atoms with van der Waals surface area (Å²) in [7, 11) is 0. The highest BCUT2D eigenvalue weighted by Crippen LogP contribution is 2.46. The lowest BCUT2D eigenvalue weighted by Crippen LogP contribution is -2.10. The molecule has 0 aliphatic carbocycles. The molecule has 0 aliphatic rings. The third-order valence-electron chi connectivity index (χ3n) is 11.1. The monoisotopic (exact) mass is 745 g/mol. The molecule has 11 aromatic rings. The van der Waals surface area contributed by atoms with Crippen molar-refractivity contribution in [1.29, 1.82) is 0 Å². The van der Waals surface area contributed by atoms with Gasteiger partial charge < -0.3 is 9.32 Å². The second kappa shape index (κ2) is 13.8. The van der Waals surface area contributed by atoms with E-state index in [1.807, 2.05) is 17.4 Å². The zero-order valence-corrected chi connectivity index (χ0v) is 31.8. The number of nitrogens with zero attached hydrogens (tertiary/aromatic N) is 1. The largest absolute Gasteiger partial charge is 0.455 e. The van der Waals surface area contributed by atoms with Gasteiger partial charge in [0.05, 0.1) is 5.69 Å². The van der Waals surface area contributed by atoms with Crippen LogP contribution in [0.25, 0.3) is 86.6 Å². The number of furan rings is 1. The van der Waals surface area contributed by atoms with Gasteiger partial charge in [-0.1, -0.05) is 152 Å². The Labute approximate surface area is 335 Å². The van der Waals surface area contributed by atoms with Gasteiger partial charge in [0.1, 0.15) is 11.2 Å². The van der Waals surface area contributed by atoms with Crippen LogP contribution in [0.1, 0.15) is 0 Å². The lowest BCUT2D eigenvalue weighted by molar-refractivity contribution is 0.670. The maximum Gasteiger partial charge on any atom is 0.143 e. The Morgan fingerprint density at radius 2 is 0.877 bits per heavy atom. The Kier molecular flexibility index (Phi) is 8.04. The Balaban J connectivity index is 1.000. The SMILES string of the molecule is c1ccc(-c2cccc(-c3ccc(N(c4ccc(-c5ccc6oc7c(-c8ccccc8)cccc7c6c5)cc4)c4cccc5sc6ccccc6c45)cc3)c2)cc1. The number of hydrogen-bond donors (Lipinski definition) is 0. The minimum atomic E-state index is 0.895. The van der Waals surface area contributed by atoms with E-state index < -0.39 is 0 Å². The van der Waals surface area contributed by atoms with E-state index in [9.17, 15) is 0 Å². The molecule has 2 aromatic heterocycles. The van der Waals surface area contributed by atoms with Crippen LogP contribution in [0, 0.1) is 0 Å².